The van der Waals surface area contributed by atoms with E-state index in [1.165, 1.54) is 0 Å². The van der Waals surface area contributed by atoms with Gasteiger partial charge in [0, 0.05) is 5.92 Å². The van der Waals surface area contributed by atoms with Crippen LogP contribution in [0.4, 0.5) is 0 Å². The van der Waals surface area contributed by atoms with E-state index in [4.69, 9.17) is 4.74 Å². The summed E-state index contributed by atoms with van der Waals surface area (Å²) in [6, 6.07) is 0. The molecule has 1 heterocycles. The third-order valence-corrected chi connectivity index (χ3v) is 2.94. The largest absolute Gasteiger partial charge is 0.473 e. The summed E-state index contributed by atoms with van der Waals surface area (Å²) in [4.78, 5) is 0. The minimum absolute atomic E-state index is 0.333. The summed E-state index contributed by atoms with van der Waals surface area (Å²) in [5, 5.41) is 0. The Labute approximate surface area is 65.4 Å². The predicted molar refractivity (Wildman–Crippen MR) is 40.0 cm³/mol. The van der Waals surface area contributed by atoms with E-state index in [9.17, 15) is 0 Å². The highest BCUT2D eigenvalue weighted by Crippen LogP contribution is 2.40. The van der Waals surface area contributed by atoms with Crippen LogP contribution in [0.3, 0.4) is 0 Å². The molecular formula is C5H6Br2O. The summed E-state index contributed by atoms with van der Waals surface area (Å²) in [6.45, 7) is 2.06. The summed E-state index contributed by atoms with van der Waals surface area (Å²) in [5.74, 6) is 0.391. The van der Waals surface area contributed by atoms with Crippen LogP contribution in [0, 0.1) is 5.92 Å². The molecule has 0 spiro atoms. The molecule has 0 radical (unpaired) electrons. The molecule has 0 aromatic rings. The summed E-state index contributed by atoms with van der Waals surface area (Å²) < 4.78 is 4.77. The molecule has 1 aliphatic heterocycles. The molecule has 1 atom stereocenters. The Morgan fingerprint density at radius 1 is 1.62 bits per heavy atom. The number of hydrogen-bond acceptors (Lipinski definition) is 1. The molecule has 0 aromatic heterocycles. The van der Waals surface area contributed by atoms with E-state index in [0.29, 0.717) is 5.92 Å². The van der Waals surface area contributed by atoms with Crippen LogP contribution in [0.1, 0.15) is 6.92 Å². The topological polar surface area (TPSA) is 9.23 Å². The van der Waals surface area contributed by atoms with Crippen molar-refractivity contribution in [2.24, 2.45) is 5.92 Å². The van der Waals surface area contributed by atoms with Gasteiger partial charge in [-0.25, -0.2) is 0 Å². The molecule has 0 N–H and O–H groups in total. The second kappa shape index (κ2) is 2.03. The van der Waals surface area contributed by atoms with Crippen LogP contribution >= 0.6 is 31.9 Å². The highest BCUT2D eigenvalue weighted by Gasteiger charge is 2.33. The van der Waals surface area contributed by atoms with Crippen molar-refractivity contribution in [1.29, 1.82) is 0 Å². The molecule has 8 heavy (non-hydrogen) atoms. The maximum atomic E-state index is 5.11. The zero-order valence-corrected chi connectivity index (χ0v) is 7.57. The standard InChI is InChI=1S/C5H6Br2O/c1-4-2-3-8-5(4,6)7/h2-4H,1H3. The Bertz CT molecular complexity index is 120. The molecule has 0 aliphatic carbocycles. The van der Waals surface area contributed by atoms with Gasteiger partial charge in [0.1, 0.15) is 0 Å². The fourth-order valence-electron chi connectivity index (χ4n) is 0.467. The van der Waals surface area contributed by atoms with Crippen LogP contribution in [-0.2, 0) is 4.74 Å². The average Bonchev–Trinajstić information content (AvgIpc) is 1.86. The van der Waals surface area contributed by atoms with Crippen molar-refractivity contribution in [2.75, 3.05) is 0 Å². The van der Waals surface area contributed by atoms with Crippen molar-refractivity contribution in [1.82, 2.24) is 0 Å². The van der Waals surface area contributed by atoms with Gasteiger partial charge in [0.15, 0.2) is 0 Å². The van der Waals surface area contributed by atoms with Gasteiger partial charge < -0.3 is 4.74 Å². The van der Waals surface area contributed by atoms with Gasteiger partial charge in [-0.2, -0.15) is 0 Å². The highest BCUT2D eigenvalue weighted by molar-refractivity contribution is 9.25. The van der Waals surface area contributed by atoms with Gasteiger partial charge in [-0.3, -0.25) is 0 Å². The molecule has 0 saturated heterocycles. The molecule has 1 unspecified atom stereocenters. The molecule has 1 nitrogen and oxygen atoms in total. The Morgan fingerprint density at radius 2 is 2.25 bits per heavy atom. The molecule has 0 saturated carbocycles. The lowest BCUT2D eigenvalue weighted by molar-refractivity contribution is 0.204. The van der Waals surface area contributed by atoms with Crippen molar-refractivity contribution in [3.8, 4) is 0 Å². The monoisotopic (exact) mass is 240 g/mol. The van der Waals surface area contributed by atoms with Crippen molar-refractivity contribution < 1.29 is 4.74 Å². The number of hydrogen-bond donors (Lipinski definition) is 0. The number of alkyl halides is 2. The van der Waals surface area contributed by atoms with E-state index in [1.807, 2.05) is 6.08 Å². The lowest BCUT2D eigenvalue weighted by Crippen LogP contribution is -2.16. The van der Waals surface area contributed by atoms with Gasteiger partial charge in [0.2, 0.25) is 3.42 Å². The number of ether oxygens (including phenoxy) is 1. The molecule has 1 aliphatic rings. The molecule has 1 rings (SSSR count). The van der Waals surface area contributed by atoms with E-state index >= 15 is 0 Å². The Morgan fingerprint density at radius 3 is 2.38 bits per heavy atom. The normalized spacial score (nSPS) is 32.6. The van der Waals surface area contributed by atoms with Gasteiger partial charge in [0.05, 0.1) is 6.26 Å². The minimum atomic E-state index is -0.333. The molecule has 0 aromatic carbocycles. The van der Waals surface area contributed by atoms with E-state index in [2.05, 4.69) is 38.8 Å². The Balaban J connectivity index is 2.64. The third-order valence-electron chi connectivity index (χ3n) is 1.12. The van der Waals surface area contributed by atoms with Crippen LogP contribution in [0.15, 0.2) is 12.3 Å². The maximum absolute atomic E-state index is 5.11. The lowest BCUT2D eigenvalue weighted by Gasteiger charge is -2.17. The summed E-state index contributed by atoms with van der Waals surface area (Å²) in [5.41, 5.74) is 0. The van der Waals surface area contributed by atoms with Crippen molar-refractivity contribution >= 4 is 31.9 Å². The number of rotatable bonds is 0. The SMILES string of the molecule is CC1C=COC1(Br)Br. The fraction of sp³-hybridized carbons (Fsp3) is 0.600. The fourth-order valence-corrected chi connectivity index (χ4v) is 0.988. The van der Waals surface area contributed by atoms with Crippen molar-refractivity contribution in [3.63, 3.8) is 0 Å². The van der Waals surface area contributed by atoms with E-state index in [1.54, 1.807) is 6.26 Å². The first-order valence-electron chi connectivity index (χ1n) is 2.35. The van der Waals surface area contributed by atoms with Crippen LogP contribution in [0.5, 0.6) is 0 Å². The van der Waals surface area contributed by atoms with E-state index in [-0.39, 0.29) is 3.42 Å². The molecular weight excluding hydrogens is 236 g/mol. The zero-order chi connectivity index (χ0) is 6.20. The van der Waals surface area contributed by atoms with E-state index < -0.39 is 0 Å². The first-order valence-corrected chi connectivity index (χ1v) is 3.94. The predicted octanol–water partition coefficient (Wildman–Crippen LogP) is 2.61. The van der Waals surface area contributed by atoms with Crippen molar-refractivity contribution in [3.05, 3.63) is 12.3 Å². The quantitative estimate of drug-likeness (QED) is 0.593. The van der Waals surface area contributed by atoms with Crippen LogP contribution in [0.25, 0.3) is 0 Å². The molecule has 0 amide bonds. The average molecular weight is 242 g/mol. The van der Waals surface area contributed by atoms with Crippen molar-refractivity contribution in [2.45, 2.75) is 10.3 Å². The molecule has 0 bridgehead atoms. The minimum Gasteiger partial charge on any atom is -0.473 e. The maximum Gasteiger partial charge on any atom is 0.223 e. The first-order chi connectivity index (χ1) is 3.63. The number of halogens is 2. The lowest BCUT2D eigenvalue weighted by atomic mass is 10.2. The third kappa shape index (κ3) is 1.08. The van der Waals surface area contributed by atoms with Gasteiger partial charge in [-0.1, -0.05) is 6.92 Å². The second-order valence-electron chi connectivity index (χ2n) is 1.80. The molecule has 3 heteroatoms. The second-order valence-corrected chi connectivity index (χ2v) is 5.22. The van der Waals surface area contributed by atoms with Crippen LogP contribution in [0.2, 0.25) is 0 Å². The van der Waals surface area contributed by atoms with Gasteiger partial charge in [0.25, 0.3) is 0 Å². The highest BCUT2D eigenvalue weighted by atomic mass is 79.9. The first kappa shape index (κ1) is 6.62. The molecule has 0 fully saturated rings. The van der Waals surface area contributed by atoms with Gasteiger partial charge >= 0.3 is 0 Å². The summed E-state index contributed by atoms with van der Waals surface area (Å²) in [7, 11) is 0. The summed E-state index contributed by atoms with van der Waals surface area (Å²) in [6.07, 6.45) is 3.68. The van der Waals surface area contributed by atoms with Gasteiger partial charge in [-0.15, -0.1) is 0 Å². The zero-order valence-electron chi connectivity index (χ0n) is 4.40. The smallest absolute Gasteiger partial charge is 0.223 e. The van der Waals surface area contributed by atoms with Crippen LogP contribution in [-0.4, -0.2) is 3.42 Å². The van der Waals surface area contributed by atoms with E-state index in [0.717, 1.165) is 0 Å². The van der Waals surface area contributed by atoms with Crippen LogP contribution < -0.4 is 0 Å². The summed E-state index contributed by atoms with van der Waals surface area (Å²) >= 11 is 6.68. The Kier molecular flexibility index (Phi) is 1.68. The Hall–Kier alpha value is 0.500. The van der Waals surface area contributed by atoms with Gasteiger partial charge in [-0.05, 0) is 37.9 Å². The molecule has 46 valence electrons.